The van der Waals surface area contributed by atoms with Crippen LogP contribution in [0.4, 0.5) is 0 Å². The van der Waals surface area contributed by atoms with E-state index < -0.39 is 0 Å². The smallest absolute Gasteiger partial charge is 0.0621 e. The van der Waals surface area contributed by atoms with E-state index in [1.807, 2.05) is 0 Å². The number of nitrogens with zero attached hydrogens (tertiary/aromatic N) is 1. The molecule has 1 nitrogen and oxygen atoms in total. The lowest BCUT2D eigenvalue weighted by atomic mass is 10.1. The highest BCUT2D eigenvalue weighted by atomic mass is 28.1. The summed E-state index contributed by atoms with van der Waals surface area (Å²) in [6, 6.07) is 3.66. The van der Waals surface area contributed by atoms with Crippen molar-refractivity contribution >= 4 is 10.2 Å². The monoisotopic (exact) mass is 197 g/mol. The summed E-state index contributed by atoms with van der Waals surface area (Å²) < 4.78 is 0. The number of nitriles is 1. The average Bonchev–Trinajstić information content (AvgIpc) is 2.16. The van der Waals surface area contributed by atoms with Crippen molar-refractivity contribution in [1.29, 1.82) is 5.26 Å². The molecule has 0 saturated heterocycles. The lowest BCUT2D eigenvalue weighted by Crippen LogP contribution is -1.81. The van der Waals surface area contributed by atoms with E-state index in [2.05, 4.69) is 6.07 Å². The molecule has 2 heteroatoms. The lowest BCUT2D eigenvalue weighted by Gasteiger charge is -1.99. The van der Waals surface area contributed by atoms with E-state index in [9.17, 15) is 0 Å². The van der Waals surface area contributed by atoms with Crippen LogP contribution in [0.1, 0.15) is 57.8 Å². The summed E-state index contributed by atoms with van der Waals surface area (Å²) in [5.74, 6) is 0. The largest absolute Gasteiger partial charge is 0.198 e. The molecule has 0 spiro atoms. The van der Waals surface area contributed by atoms with Crippen molar-refractivity contribution in [2.75, 3.05) is 0 Å². The fraction of sp³-hybridized carbons (Fsp3) is 0.909. The van der Waals surface area contributed by atoms with Crippen molar-refractivity contribution in [2.24, 2.45) is 0 Å². The van der Waals surface area contributed by atoms with Crippen molar-refractivity contribution in [1.82, 2.24) is 0 Å². The molecule has 0 amide bonds. The normalized spacial score (nSPS) is 10.1. The molecule has 0 aliphatic carbocycles. The molecule has 0 rings (SSSR count). The zero-order valence-electron chi connectivity index (χ0n) is 9.02. The van der Waals surface area contributed by atoms with E-state index in [0.717, 1.165) is 12.8 Å². The van der Waals surface area contributed by atoms with Crippen LogP contribution in [-0.2, 0) is 0 Å². The number of hydrogen-bond donors (Lipinski definition) is 0. The van der Waals surface area contributed by atoms with Gasteiger partial charge in [-0.1, -0.05) is 51.0 Å². The van der Waals surface area contributed by atoms with Gasteiger partial charge in [-0.25, -0.2) is 0 Å². The van der Waals surface area contributed by atoms with Crippen LogP contribution in [0.15, 0.2) is 0 Å². The third kappa shape index (κ3) is 11.7. The number of rotatable bonds is 9. The minimum absolute atomic E-state index is 0.750. The van der Waals surface area contributed by atoms with Crippen LogP contribution in [0.3, 0.4) is 0 Å². The van der Waals surface area contributed by atoms with Gasteiger partial charge in [0.2, 0.25) is 0 Å². The molecule has 0 fully saturated rings. The second kappa shape index (κ2) is 11.7. The SMILES string of the molecule is N#CCCCCCCCCCC[SiH3]. The molecule has 0 aromatic heterocycles. The minimum atomic E-state index is 0.750. The summed E-state index contributed by atoms with van der Waals surface area (Å²) in [5, 5.41) is 8.32. The summed E-state index contributed by atoms with van der Waals surface area (Å²) >= 11 is 0. The Morgan fingerprint density at radius 3 is 1.69 bits per heavy atom. The molecule has 13 heavy (non-hydrogen) atoms. The first-order valence-electron chi connectivity index (χ1n) is 5.78. The van der Waals surface area contributed by atoms with Crippen molar-refractivity contribution < 1.29 is 0 Å². The van der Waals surface area contributed by atoms with Gasteiger partial charge in [-0.05, 0) is 6.42 Å². The highest BCUT2D eigenvalue weighted by molar-refractivity contribution is 6.08. The van der Waals surface area contributed by atoms with Gasteiger partial charge in [0.1, 0.15) is 0 Å². The Labute approximate surface area is 86.0 Å². The summed E-state index contributed by atoms with van der Waals surface area (Å²) in [7, 11) is 1.38. The Kier molecular flexibility index (Phi) is 11.4. The molecule has 0 aromatic carbocycles. The van der Waals surface area contributed by atoms with Crippen LogP contribution in [-0.4, -0.2) is 10.2 Å². The van der Waals surface area contributed by atoms with Crippen LogP contribution in [0, 0.1) is 11.3 Å². The lowest BCUT2D eigenvalue weighted by molar-refractivity contribution is 0.578. The fourth-order valence-electron chi connectivity index (χ4n) is 1.51. The summed E-state index contributed by atoms with van der Waals surface area (Å²) in [6.45, 7) is 0. The molecule has 0 saturated carbocycles. The van der Waals surface area contributed by atoms with Crippen LogP contribution in [0.25, 0.3) is 0 Å². The molecule has 0 bridgehead atoms. The highest BCUT2D eigenvalue weighted by Crippen LogP contribution is 2.09. The quantitative estimate of drug-likeness (QED) is 0.412. The predicted molar refractivity (Wildman–Crippen MR) is 61.9 cm³/mol. The van der Waals surface area contributed by atoms with E-state index in [-0.39, 0.29) is 0 Å². The first-order valence-corrected chi connectivity index (χ1v) is 7.20. The van der Waals surface area contributed by atoms with Crippen molar-refractivity contribution in [3.8, 4) is 6.07 Å². The van der Waals surface area contributed by atoms with Gasteiger partial charge in [-0.3, -0.25) is 0 Å². The summed E-state index contributed by atoms with van der Waals surface area (Å²) in [6.07, 6.45) is 11.6. The Morgan fingerprint density at radius 1 is 0.769 bits per heavy atom. The van der Waals surface area contributed by atoms with Crippen molar-refractivity contribution in [3.63, 3.8) is 0 Å². The molecule has 0 unspecified atom stereocenters. The van der Waals surface area contributed by atoms with Crippen molar-refractivity contribution in [3.05, 3.63) is 0 Å². The van der Waals surface area contributed by atoms with E-state index in [0.29, 0.717) is 0 Å². The van der Waals surface area contributed by atoms with Crippen LogP contribution in [0.2, 0.25) is 6.04 Å². The zero-order valence-corrected chi connectivity index (χ0v) is 11.0. The maximum absolute atomic E-state index is 8.32. The first kappa shape index (κ1) is 12.7. The predicted octanol–water partition coefficient (Wildman–Crippen LogP) is 2.80. The Hall–Kier alpha value is -0.293. The van der Waals surface area contributed by atoms with Gasteiger partial charge in [-0.2, -0.15) is 5.26 Å². The molecule has 0 atom stereocenters. The van der Waals surface area contributed by atoms with E-state index >= 15 is 0 Å². The maximum atomic E-state index is 8.32. The maximum Gasteiger partial charge on any atom is 0.0621 e. The fourth-order valence-corrected chi connectivity index (χ4v) is 2.01. The van der Waals surface area contributed by atoms with Crippen LogP contribution < -0.4 is 0 Å². The molecule has 76 valence electrons. The Bertz CT molecular complexity index is 129. The van der Waals surface area contributed by atoms with Gasteiger partial charge >= 0.3 is 0 Å². The molecular formula is C11H23NSi. The Morgan fingerprint density at radius 2 is 1.23 bits per heavy atom. The number of unbranched alkanes of at least 4 members (excludes halogenated alkanes) is 8. The average molecular weight is 197 g/mol. The Balaban J connectivity index is 2.80. The topological polar surface area (TPSA) is 23.8 Å². The zero-order chi connectivity index (χ0) is 9.78. The summed E-state index contributed by atoms with van der Waals surface area (Å²) in [4.78, 5) is 0. The summed E-state index contributed by atoms with van der Waals surface area (Å²) in [5.41, 5.74) is 0. The molecular weight excluding hydrogens is 174 g/mol. The van der Waals surface area contributed by atoms with Gasteiger partial charge in [0, 0.05) is 16.7 Å². The highest BCUT2D eigenvalue weighted by Gasteiger charge is 1.91. The van der Waals surface area contributed by atoms with E-state index in [4.69, 9.17) is 5.26 Å². The second-order valence-corrected chi connectivity index (χ2v) is 4.74. The molecule has 0 heterocycles. The first-order chi connectivity index (χ1) is 6.41. The van der Waals surface area contributed by atoms with Crippen LogP contribution >= 0.6 is 0 Å². The molecule has 0 aliphatic heterocycles. The number of hydrogen-bond acceptors (Lipinski definition) is 1. The third-order valence-electron chi connectivity index (χ3n) is 2.39. The van der Waals surface area contributed by atoms with Gasteiger partial charge in [0.05, 0.1) is 6.07 Å². The van der Waals surface area contributed by atoms with E-state index in [1.54, 1.807) is 0 Å². The molecule has 0 radical (unpaired) electrons. The molecule has 0 aliphatic rings. The standard InChI is InChI=1S/C11H23NSi/c12-10-8-6-4-2-1-3-5-7-9-11-13/h1-9,11H2,13H3. The molecule has 0 N–H and O–H groups in total. The van der Waals surface area contributed by atoms with E-state index in [1.165, 1.54) is 61.2 Å². The minimum Gasteiger partial charge on any atom is -0.198 e. The molecule has 0 aromatic rings. The third-order valence-corrected chi connectivity index (χ3v) is 3.10. The van der Waals surface area contributed by atoms with Crippen LogP contribution in [0.5, 0.6) is 0 Å². The van der Waals surface area contributed by atoms with Gasteiger partial charge in [0.15, 0.2) is 0 Å². The van der Waals surface area contributed by atoms with Gasteiger partial charge in [0.25, 0.3) is 0 Å². The second-order valence-electron chi connectivity index (χ2n) is 3.74. The van der Waals surface area contributed by atoms with Gasteiger partial charge in [-0.15, -0.1) is 0 Å². The van der Waals surface area contributed by atoms with Gasteiger partial charge < -0.3 is 0 Å². The van der Waals surface area contributed by atoms with Crippen molar-refractivity contribution in [2.45, 2.75) is 63.8 Å².